The molecule has 0 aliphatic carbocycles. The molecule has 0 bridgehead atoms. The van der Waals surface area contributed by atoms with Crippen LogP contribution >= 0.6 is 0 Å². The summed E-state index contributed by atoms with van der Waals surface area (Å²) in [6.45, 7) is 0. The zero-order valence-electron chi connectivity index (χ0n) is 9.34. The molecule has 0 fully saturated rings. The van der Waals surface area contributed by atoms with Gasteiger partial charge in [0.1, 0.15) is 5.75 Å². The first-order chi connectivity index (χ1) is 8.22. The van der Waals surface area contributed by atoms with Gasteiger partial charge in [0.05, 0.1) is 11.1 Å². The topological polar surface area (TPSA) is 42.2 Å². The lowest BCUT2D eigenvalue weighted by Crippen LogP contribution is -1.87. The molecule has 3 heteroatoms. The molecule has 3 aromatic rings. The third-order valence-electron chi connectivity index (χ3n) is 3.19. The molecular formula is C14H11NO2. The average molecular weight is 225 g/mol. The molecule has 0 atom stereocenters. The van der Waals surface area contributed by atoms with Crippen LogP contribution in [0.25, 0.3) is 21.8 Å². The van der Waals surface area contributed by atoms with E-state index in [4.69, 9.17) is 0 Å². The number of hydrogen-bond acceptors (Lipinski definition) is 2. The van der Waals surface area contributed by atoms with Crippen molar-refractivity contribution in [3.8, 4) is 5.75 Å². The van der Waals surface area contributed by atoms with E-state index >= 15 is 0 Å². The molecule has 84 valence electrons. The van der Waals surface area contributed by atoms with Crippen molar-refractivity contribution < 1.29 is 9.90 Å². The van der Waals surface area contributed by atoms with Crippen LogP contribution < -0.4 is 0 Å². The van der Waals surface area contributed by atoms with Gasteiger partial charge in [0.15, 0.2) is 6.29 Å². The number of carbonyl (C=O) groups excluding carboxylic acids is 1. The molecule has 1 N–H and O–H groups in total. The van der Waals surface area contributed by atoms with E-state index in [0.717, 1.165) is 21.8 Å². The molecule has 0 saturated heterocycles. The van der Waals surface area contributed by atoms with Gasteiger partial charge in [-0.2, -0.15) is 0 Å². The minimum atomic E-state index is 0.0263. The lowest BCUT2D eigenvalue weighted by atomic mass is 10.1. The summed E-state index contributed by atoms with van der Waals surface area (Å²) in [5.74, 6) is 0.0263. The van der Waals surface area contributed by atoms with Crippen LogP contribution in [0.1, 0.15) is 10.4 Å². The molecule has 17 heavy (non-hydrogen) atoms. The minimum absolute atomic E-state index is 0.0263. The molecule has 1 aromatic heterocycles. The Hall–Kier alpha value is -2.29. The Bertz CT molecular complexity index is 741. The van der Waals surface area contributed by atoms with Gasteiger partial charge in [-0.25, -0.2) is 0 Å². The van der Waals surface area contributed by atoms with Crippen LogP contribution in [0.5, 0.6) is 5.75 Å². The zero-order valence-corrected chi connectivity index (χ0v) is 9.34. The Balaban J connectivity index is 2.58. The molecule has 0 spiro atoms. The van der Waals surface area contributed by atoms with Gasteiger partial charge < -0.3 is 9.67 Å². The molecule has 0 amide bonds. The maximum Gasteiger partial charge on any atom is 0.153 e. The first-order valence-corrected chi connectivity index (χ1v) is 5.37. The maximum atomic E-state index is 10.8. The number of aryl methyl sites for hydroxylation is 1. The third kappa shape index (κ3) is 1.25. The Morgan fingerprint density at radius 2 is 1.88 bits per heavy atom. The third-order valence-corrected chi connectivity index (χ3v) is 3.19. The predicted octanol–water partition coefficient (Wildman–Crippen LogP) is 2.85. The van der Waals surface area contributed by atoms with Gasteiger partial charge in [-0.15, -0.1) is 0 Å². The number of hydrogen-bond donors (Lipinski definition) is 1. The molecule has 0 radical (unpaired) electrons. The van der Waals surface area contributed by atoms with E-state index < -0.39 is 0 Å². The van der Waals surface area contributed by atoms with Crippen LogP contribution in [0.15, 0.2) is 36.4 Å². The number of benzene rings is 2. The lowest BCUT2D eigenvalue weighted by Gasteiger charge is -2.00. The molecule has 0 aliphatic rings. The standard InChI is InChI=1S/C14H11NO2/c1-15-12-5-3-2-4-10(12)11-6-9(8-16)14(17)7-13(11)15/h2-8,17H,1H3. The Morgan fingerprint density at radius 1 is 1.12 bits per heavy atom. The highest BCUT2D eigenvalue weighted by Crippen LogP contribution is 2.31. The smallest absolute Gasteiger partial charge is 0.153 e. The second-order valence-corrected chi connectivity index (χ2v) is 4.12. The van der Waals surface area contributed by atoms with Crippen molar-refractivity contribution in [2.24, 2.45) is 7.05 Å². The van der Waals surface area contributed by atoms with Crippen LogP contribution in [-0.2, 0) is 7.05 Å². The van der Waals surface area contributed by atoms with Gasteiger partial charge in [0.2, 0.25) is 0 Å². The van der Waals surface area contributed by atoms with Crippen LogP contribution in [0.3, 0.4) is 0 Å². The number of fused-ring (bicyclic) bond motifs is 3. The second kappa shape index (κ2) is 3.35. The number of carbonyl (C=O) groups is 1. The summed E-state index contributed by atoms with van der Waals surface area (Å²) in [6, 6.07) is 11.4. The van der Waals surface area contributed by atoms with E-state index in [1.165, 1.54) is 0 Å². The Labute approximate surface area is 97.9 Å². The van der Waals surface area contributed by atoms with Crippen LogP contribution in [0.2, 0.25) is 0 Å². The molecule has 3 nitrogen and oxygen atoms in total. The number of nitrogens with zero attached hydrogens (tertiary/aromatic N) is 1. The Morgan fingerprint density at radius 3 is 2.65 bits per heavy atom. The number of rotatable bonds is 1. The van der Waals surface area contributed by atoms with E-state index in [1.807, 2.05) is 35.9 Å². The van der Waals surface area contributed by atoms with Gasteiger partial charge >= 0.3 is 0 Å². The van der Waals surface area contributed by atoms with Crippen LogP contribution in [0.4, 0.5) is 0 Å². The normalized spacial score (nSPS) is 11.1. The van der Waals surface area contributed by atoms with E-state index in [-0.39, 0.29) is 5.75 Å². The number of para-hydroxylation sites is 1. The van der Waals surface area contributed by atoms with Crippen molar-refractivity contribution in [1.82, 2.24) is 4.57 Å². The number of aromatic nitrogens is 1. The molecule has 2 aromatic carbocycles. The summed E-state index contributed by atoms with van der Waals surface area (Å²) in [4.78, 5) is 10.8. The fourth-order valence-electron chi connectivity index (χ4n) is 2.31. The largest absolute Gasteiger partial charge is 0.507 e. The van der Waals surface area contributed by atoms with Gasteiger partial charge in [0, 0.05) is 29.4 Å². The highest BCUT2D eigenvalue weighted by Gasteiger charge is 2.10. The zero-order chi connectivity index (χ0) is 12.0. The van der Waals surface area contributed by atoms with Gasteiger partial charge in [-0.1, -0.05) is 18.2 Å². The molecule has 0 saturated carbocycles. The number of phenols is 1. The molecular weight excluding hydrogens is 214 g/mol. The Kier molecular flexibility index (Phi) is 1.95. The van der Waals surface area contributed by atoms with E-state index in [1.54, 1.807) is 12.1 Å². The number of aldehydes is 1. The van der Waals surface area contributed by atoms with Crippen molar-refractivity contribution in [2.75, 3.05) is 0 Å². The maximum absolute atomic E-state index is 10.8. The highest BCUT2D eigenvalue weighted by atomic mass is 16.3. The fraction of sp³-hybridized carbons (Fsp3) is 0.0714. The van der Waals surface area contributed by atoms with Crippen LogP contribution in [0, 0.1) is 0 Å². The van der Waals surface area contributed by atoms with Crippen molar-refractivity contribution in [1.29, 1.82) is 0 Å². The fourth-order valence-corrected chi connectivity index (χ4v) is 2.31. The van der Waals surface area contributed by atoms with Gasteiger partial charge in [-0.3, -0.25) is 4.79 Å². The van der Waals surface area contributed by atoms with E-state index in [2.05, 4.69) is 0 Å². The van der Waals surface area contributed by atoms with Crippen LogP contribution in [-0.4, -0.2) is 16.0 Å². The average Bonchev–Trinajstić information content (AvgIpc) is 2.63. The monoisotopic (exact) mass is 225 g/mol. The van der Waals surface area contributed by atoms with Crippen molar-refractivity contribution in [2.45, 2.75) is 0 Å². The summed E-state index contributed by atoms with van der Waals surface area (Å²) >= 11 is 0. The number of aromatic hydroxyl groups is 1. The van der Waals surface area contributed by atoms with Crippen molar-refractivity contribution >= 4 is 28.1 Å². The molecule has 3 rings (SSSR count). The van der Waals surface area contributed by atoms with Gasteiger partial charge in [-0.05, 0) is 12.1 Å². The molecule has 1 heterocycles. The summed E-state index contributed by atoms with van der Waals surface area (Å²) in [6.07, 6.45) is 0.677. The van der Waals surface area contributed by atoms with Gasteiger partial charge in [0.25, 0.3) is 0 Å². The van der Waals surface area contributed by atoms with E-state index in [9.17, 15) is 9.90 Å². The predicted molar refractivity (Wildman–Crippen MR) is 67.5 cm³/mol. The van der Waals surface area contributed by atoms with E-state index in [0.29, 0.717) is 11.8 Å². The number of phenolic OH excluding ortho intramolecular Hbond substituents is 1. The lowest BCUT2D eigenvalue weighted by molar-refractivity contribution is 0.112. The quantitative estimate of drug-likeness (QED) is 0.647. The molecule has 0 aliphatic heterocycles. The SMILES string of the molecule is Cn1c2ccccc2c2cc(C=O)c(O)cc21. The summed E-state index contributed by atoms with van der Waals surface area (Å²) in [5.41, 5.74) is 2.34. The second-order valence-electron chi connectivity index (χ2n) is 4.12. The van der Waals surface area contributed by atoms with Crippen molar-refractivity contribution in [3.63, 3.8) is 0 Å². The first kappa shape index (κ1) is 9.90. The summed E-state index contributed by atoms with van der Waals surface area (Å²) in [5, 5.41) is 11.8. The summed E-state index contributed by atoms with van der Waals surface area (Å²) < 4.78 is 2.01. The highest BCUT2D eigenvalue weighted by molar-refractivity contribution is 6.10. The summed E-state index contributed by atoms with van der Waals surface area (Å²) in [7, 11) is 1.95. The first-order valence-electron chi connectivity index (χ1n) is 5.37. The molecule has 0 unspecified atom stereocenters. The minimum Gasteiger partial charge on any atom is -0.507 e. The van der Waals surface area contributed by atoms with Crippen molar-refractivity contribution in [3.05, 3.63) is 42.0 Å².